The van der Waals surface area contributed by atoms with Gasteiger partial charge < -0.3 is 14.6 Å². The van der Waals surface area contributed by atoms with E-state index in [1.54, 1.807) is 6.07 Å². The van der Waals surface area contributed by atoms with Gasteiger partial charge in [-0.15, -0.1) is 0 Å². The Hall–Kier alpha value is -1.79. The first kappa shape index (κ1) is 12.3. The van der Waals surface area contributed by atoms with Gasteiger partial charge in [-0.25, -0.2) is 4.39 Å². The third-order valence-corrected chi connectivity index (χ3v) is 2.94. The smallest absolute Gasteiger partial charge is 0.231 e. The Balaban J connectivity index is 1.70. The van der Waals surface area contributed by atoms with E-state index in [9.17, 15) is 4.39 Å². The fraction of sp³-hybridized carbons (Fsp3) is 0.385. The number of nitrogens with one attached hydrogen (secondary N) is 1. The van der Waals surface area contributed by atoms with Gasteiger partial charge in [0.25, 0.3) is 0 Å². The predicted molar refractivity (Wildman–Crippen MR) is 65.1 cm³/mol. The van der Waals surface area contributed by atoms with Gasteiger partial charge in [0.05, 0.1) is 13.0 Å². The molecule has 1 saturated heterocycles. The van der Waals surface area contributed by atoms with Crippen molar-refractivity contribution in [1.82, 2.24) is 15.5 Å². The first-order valence-electron chi connectivity index (χ1n) is 6.20. The van der Waals surface area contributed by atoms with Crippen LogP contribution in [0, 0.1) is 5.82 Å². The van der Waals surface area contributed by atoms with Crippen LogP contribution in [0.25, 0.3) is 0 Å². The average molecular weight is 263 g/mol. The first-order valence-corrected chi connectivity index (χ1v) is 6.20. The van der Waals surface area contributed by atoms with E-state index in [1.807, 2.05) is 6.07 Å². The Labute approximate surface area is 109 Å². The summed E-state index contributed by atoms with van der Waals surface area (Å²) in [5, 5.41) is 7.12. The number of rotatable bonds is 3. The van der Waals surface area contributed by atoms with Crippen molar-refractivity contribution in [3.63, 3.8) is 0 Å². The summed E-state index contributed by atoms with van der Waals surface area (Å²) in [7, 11) is 0. The van der Waals surface area contributed by atoms with E-state index in [0.717, 1.165) is 12.1 Å². The van der Waals surface area contributed by atoms with Gasteiger partial charge in [-0.1, -0.05) is 17.3 Å². The third kappa shape index (κ3) is 2.97. The summed E-state index contributed by atoms with van der Waals surface area (Å²) in [4.78, 5) is 4.29. The van der Waals surface area contributed by atoms with Crippen molar-refractivity contribution in [3.8, 4) is 0 Å². The van der Waals surface area contributed by atoms with Crippen LogP contribution in [-0.2, 0) is 11.2 Å². The highest BCUT2D eigenvalue weighted by Crippen LogP contribution is 2.17. The van der Waals surface area contributed by atoms with Crippen LogP contribution in [0.5, 0.6) is 0 Å². The molecule has 1 N–H and O–H groups in total. The lowest BCUT2D eigenvalue weighted by atomic mass is 10.1. The van der Waals surface area contributed by atoms with E-state index in [2.05, 4.69) is 15.5 Å². The highest BCUT2D eigenvalue weighted by molar-refractivity contribution is 5.19. The van der Waals surface area contributed by atoms with Crippen molar-refractivity contribution in [1.29, 1.82) is 0 Å². The molecule has 1 atom stereocenters. The van der Waals surface area contributed by atoms with E-state index < -0.39 is 0 Å². The first-order chi connectivity index (χ1) is 9.31. The van der Waals surface area contributed by atoms with E-state index in [4.69, 9.17) is 9.26 Å². The van der Waals surface area contributed by atoms with E-state index in [-0.39, 0.29) is 11.9 Å². The normalized spacial score (nSPS) is 19.5. The van der Waals surface area contributed by atoms with Gasteiger partial charge in [0.1, 0.15) is 11.9 Å². The molecule has 3 rings (SSSR count). The van der Waals surface area contributed by atoms with Crippen LogP contribution in [0.4, 0.5) is 4.39 Å². The van der Waals surface area contributed by atoms with Crippen molar-refractivity contribution >= 4 is 0 Å². The minimum Gasteiger partial charge on any atom is -0.367 e. The van der Waals surface area contributed by atoms with Crippen LogP contribution in [0.2, 0.25) is 0 Å². The molecule has 19 heavy (non-hydrogen) atoms. The molecule has 1 aliphatic heterocycles. The lowest BCUT2D eigenvalue weighted by Gasteiger charge is -2.20. The molecule has 1 unspecified atom stereocenters. The number of ether oxygens (including phenoxy) is 1. The molecule has 100 valence electrons. The molecule has 0 amide bonds. The van der Waals surface area contributed by atoms with E-state index in [1.165, 1.54) is 12.1 Å². The van der Waals surface area contributed by atoms with Crippen LogP contribution in [0.3, 0.4) is 0 Å². The number of nitrogens with zero attached hydrogens (tertiary/aromatic N) is 2. The van der Waals surface area contributed by atoms with Crippen LogP contribution in [0.15, 0.2) is 28.8 Å². The molecule has 0 spiro atoms. The number of halogens is 1. The number of benzene rings is 1. The predicted octanol–water partition coefficient (Wildman–Crippen LogP) is 1.46. The fourth-order valence-electron chi connectivity index (χ4n) is 2.02. The lowest BCUT2D eigenvalue weighted by molar-refractivity contribution is 0.0208. The molecule has 1 aliphatic rings. The maximum absolute atomic E-state index is 13.1. The fourth-order valence-corrected chi connectivity index (χ4v) is 2.02. The van der Waals surface area contributed by atoms with Crippen LogP contribution in [0.1, 0.15) is 23.4 Å². The molecule has 2 aromatic rings. The molecule has 1 aromatic carbocycles. The van der Waals surface area contributed by atoms with Crippen molar-refractivity contribution in [2.24, 2.45) is 0 Å². The summed E-state index contributed by atoms with van der Waals surface area (Å²) in [5.74, 6) is 0.741. The van der Waals surface area contributed by atoms with Gasteiger partial charge >= 0.3 is 0 Å². The Morgan fingerprint density at radius 1 is 1.42 bits per heavy atom. The summed E-state index contributed by atoms with van der Waals surface area (Å²) in [5.41, 5.74) is 0.804. The van der Waals surface area contributed by atoms with Crippen molar-refractivity contribution in [3.05, 3.63) is 47.4 Å². The molecule has 1 fully saturated rings. The number of hydrogen-bond acceptors (Lipinski definition) is 5. The Kier molecular flexibility index (Phi) is 3.52. The summed E-state index contributed by atoms with van der Waals surface area (Å²) in [6, 6.07) is 6.36. The van der Waals surface area contributed by atoms with Crippen molar-refractivity contribution in [2.75, 3.05) is 19.7 Å². The van der Waals surface area contributed by atoms with Gasteiger partial charge in [-0.2, -0.15) is 4.98 Å². The maximum atomic E-state index is 13.1. The minimum absolute atomic E-state index is 0.168. The summed E-state index contributed by atoms with van der Waals surface area (Å²) in [6.45, 7) is 2.15. The summed E-state index contributed by atoms with van der Waals surface area (Å²) >= 11 is 0. The molecule has 6 heteroatoms. The molecular formula is C13H14FN3O2. The molecule has 0 bridgehead atoms. The zero-order valence-corrected chi connectivity index (χ0v) is 10.3. The number of hydrogen-bond donors (Lipinski definition) is 1. The van der Waals surface area contributed by atoms with Gasteiger partial charge in [0.2, 0.25) is 11.7 Å². The second kappa shape index (κ2) is 5.46. The Morgan fingerprint density at radius 2 is 2.37 bits per heavy atom. The highest BCUT2D eigenvalue weighted by atomic mass is 19.1. The molecule has 2 heterocycles. The monoisotopic (exact) mass is 263 g/mol. The van der Waals surface area contributed by atoms with Crippen LogP contribution in [-0.4, -0.2) is 29.8 Å². The lowest BCUT2D eigenvalue weighted by Crippen LogP contribution is -2.33. The van der Waals surface area contributed by atoms with Crippen LogP contribution < -0.4 is 5.32 Å². The van der Waals surface area contributed by atoms with Gasteiger partial charge in [0, 0.05) is 13.1 Å². The standard InChI is InChI=1S/C13H14FN3O2/c14-10-3-1-2-9(6-10)7-12-16-13(17-19-12)11-8-15-4-5-18-11/h1-3,6,11,15H,4-5,7-8H2. The van der Waals surface area contributed by atoms with E-state index in [0.29, 0.717) is 31.3 Å². The quantitative estimate of drug-likeness (QED) is 0.908. The Morgan fingerprint density at radius 3 is 3.16 bits per heavy atom. The van der Waals surface area contributed by atoms with E-state index >= 15 is 0 Å². The van der Waals surface area contributed by atoms with Gasteiger partial charge in [-0.05, 0) is 17.7 Å². The third-order valence-electron chi connectivity index (χ3n) is 2.94. The average Bonchev–Trinajstić information content (AvgIpc) is 2.88. The molecule has 0 saturated carbocycles. The molecule has 5 nitrogen and oxygen atoms in total. The summed E-state index contributed by atoms with van der Waals surface area (Å²) in [6.07, 6.45) is 0.254. The SMILES string of the molecule is Fc1cccc(Cc2nc(C3CNCCO3)no2)c1. The molecule has 0 radical (unpaired) electrons. The summed E-state index contributed by atoms with van der Waals surface area (Å²) < 4.78 is 23.8. The largest absolute Gasteiger partial charge is 0.367 e. The second-order valence-corrected chi connectivity index (χ2v) is 4.42. The topological polar surface area (TPSA) is 60.2 Å². The second-order valence-electron chi connectivity index (χ2n) is 4.42. The highest BCUT2D eigenvalue weighted by Gasteiger charge is 2.21. The molecule has 0 aliphatic carbocycles. The number of aromatic nitrogens is 2. The van der Waals surface area contributed by atoms with Gasteiger partial charge in [0.15, 0.2) is 0 Å². The maximum Gasteiger partial charge on any atom is 0.231 e. The van der Waals surface area contributed by atoms with Crippen LogP contribution >= 0.6 is 0 Å². The van der Waals surface area contributed by atoms with Crippen molar-refractivity contribution < 1.29 is 13.7 Å². The van der Waals surface area contributed by atoms with Gasteiger partial charge in [-0.3, -0.25) is 0 Å². The molecule has 1 aromatic heterocycles. The number of morpholine rings is 1. The zero-order chi connectivity index (χ0) is 13.1. The Bertz CT molecular complexity index is 552. The van der Waals surface area contributed by atoms with Crippen molar-refractivity contribution in [2.45, 2.75) is 12.5 Å². The zero-order valence-electron chi connectivity index (χ0n) is 10.3. The minimum atomic E-state index is -0.267. The molecular weight excluding hydrogens is 249 g/mol.